The molecule has 0 spiro atoms. The highest BCUT2D eigenvalue weighted by molar-refractivity contribution is 5.74. The van der Waals surface area contributed by atoms with Crippen molar-refractivity contribution in [2.24, 2.45) is 5.84 Å². The Morgan fingerprint density at radius 1 is 1.29 bits per heavy atom. The van der Waals surface area contributed by atoms with Crippen molar-refractivity contribution in [3.63, 3.8) is 0 Å². The first-order valence-electron chi connectivity index (χ1n) is 6.40. The van der Waals surface area contributed by atoms with Crippen LogP contribution in [0, 0.1) is 15.9 Å². The highest BCUT2D eigenvalue weighted by atomic mass is 19.1. The van der Waals surface area contributed by atoms with E-state index in [0.717, 1.165) is 17.7 Å². The van der Waals surface area contributed by atoms with Crippen molar-refractivity contribution in [1.82, 2.24) is 0 Å². The minimum Gasteiger partial charge on any atom is -0.341 e. The summed E-state index contributed by atoms with van der Waals surface area (Å²) in [7, 11) is 0. The third-order valence-corrected chi connectivity index (χ3v) is 3.53. The monoisotopic (exact) mass is 288 g/mol. The second-order valence-electron chi connectivity index (χ2n) is 4.81. The average Bonchev–Trinajstić information content (AvgIpc) is 2.89. The van der Waals surface area contributed by atoms with Crippen LogP contribution in [0.2, 0.25) is 0 Å². The van der Waals surface area contributed by atoms with Gasteiger partial charge in [-0.3, -0.25) is 16.0 Å². The molecule has 0 unspecified atom stereocenters. The SMILES string of the molecule is NNc1cc(N2CCc3ccc(F)cc32)cc([N+](=O)[O-])c1. The van der Waals surface area contributed by atoms with Crippen molar-refractivity contribution in [2.75, 3.05) is 16.9 Å². The maximum absolute atomic E-state index is 13.4. The van der Waals surface area contributed by atoms with Gasteiger partial charge in [-0.1, -0.05) is 6.07 Å². The number of anilines is 3. The Balaban J connectivity index is 2.08. The molecule has 1 aliphatic rings. The molecule has 0 saturated heterocycles. The van der Waals surface area contributed by atoms with Gasteiger partial charge in [0.1, 0.15) is 5.82 Å². The number of hydrazine groups is 1. The van der Waals surface area contributed by atoms with E-state index in [1.54, 1.807) is 12.1 Å². The summed E-state index contributed by atoms with van der Waals surface area (Å²) in [5, 5.41) is 11.0. The minimum atomic E-state index is -0.479. The summed E-state index contributed by atoms with van der Waals surface area (Å²) < 4.78 is 13.4. The highest BCUT2D eigenvalue weighted by Gasteiger charge is 2.23. The van der Waals surface area contributed by atoms with Crippen molar-refractivity contribution in [1.29, 1.82) is 0 Å². The fraction of sp³-hybridized carbons (Fsp3) is 0.143. The van der Waals surface area contributed by atoms with E-state index in [4.69, 9.17) is 5.84 Å². The van der Waals surface area contributed by atoms with Gasteiger partial charge >= 0.3 is 0 Å². The fourth-order valence-electron chi connectivity index (χ4n) is 2.56. The quantitative estimate of drug-likeness (QED) is 0.515. The first-order chi connectivity index (χ1) is 10.1. The van der Waals surface area contributed by atoms with Crippen LogP contribution in [0.1, 0.15) is 5.56 Å². The van der Waals surface area contributed by atoms with Crippen LogP contribution >= 0.6 is 0 Å². The van der Waals surface area contributed by atoms with Crippen LogP contribution in [-0.4, -0.2) is 11.5 Å². The van der Waals surface area contributed by atoms with E-state index < -0.39 is 4.92 Å². The molecule has 21 heavy (non-hydrogen) atoms. The van der Waals surface area contributed by atoms with Crippen LogP contribution in [0.5, 0.6) is 0 Å². The van der Waals surface area contributed by atoms with E-state index >= 15 is 0 Å². The summed E-state index contributed by atoms with van der Waals surface area (Å²) in [4.78, 5) is 12.4. The number of nitrogens with zero attached hydrogens (tertiary/aromatic N) is 2. The van der Waals surface area contributed by atoms with Crippen molar-refractivity contribution in [2.45, 2.75) is 6.42 Å². The maximum atomic E-state index is 13.4. The van der Waals surface area contributed by atoms with Gasteiger partial charge in [0.05, 0.1) is 16.3 Å². The average molecular weight is 288 g/mol. The first-order valence-corrected chi connectivity index (χ1v) is 6.40. The Labute approximate surface area is 120 Å². The Morgan fingerprint density at radius 2 is 2.10 bits per heavy atom. The van der Waals surface area contributed by atoms with Gasteiger partial charge in [0.25, 0.3) is 5.69 Å². The van der Waals surface area contributed by atoms with Gasteiger partial charge in [0.15, 0.2) is 0 Å². The molecule has 7 heteroatoms. The molecule has 0 amide bonds. The van der Waals surface area contributed by atoms with E-state index in [0.29, 0.717) is 17.9 Å². The molecular formula is C14H13FN4O2. The van der Waals surface area contributed by atoms with Crippen LogP contribution in [0.4, 0.5) is 27.1 Å². The molecule has 3 N–H and O–H groups in total. The maximum Gasteiger partial charge on any atom is 0.273 e. The summed E-state index contributed by atoms with van der Waals surface area (Å²) in [5.74, 6) is 5.02. The van der Waals surface area contributed by atoms with Crippen molar-refractivity contribution in [3.05, 3.63) is 57.9 Å². The van der Waals surface area contributed by atoms with Crippen LogP contribution in [-0.2, 0) is 6.42 Å². The van der Waals surface area contributed by atoms with E-state index in [-0.39, 0.29) is 11.5 Å². The summed E-state index contributed by atoms with van der Waals surface area (Å²) in [5.41, 5.74) is 5.15. The summed E-state index contributed by atoms with van der Waals surface area (Å²) in [6.45, 7) is 0.643. The van der Waals surface area contributed by atoms with Crippen LogP contribution in [0.25, 0.3) is 0 Å². The molecule has 0 atom stereocenters. The minimum absolute atomic E-state index is 0.0645. The number of nitro benzene ring substituents is 1. The normalized spacial score (nSPS) is 13.1. The second kappa shape index (κ2) is 5.02. The second-order valence-corrected chi connectivity index (χ2v) is 4.81. The third kappa shape index (κ3) is 2.38. The number of benzene rings is 2. The molecule has 0 saturated carbocycles. The van der Waals surface area contributed by atoms with Gasteiger partial charge in [-0.15, -0.1) is 0 Å². The number of non-ortho nitro benzene ring substituents is 1. The Hall–Kier alpha value is -2.67. The molecule has 108 valence electrons. The van der Waals surface area contributed by atoms with Crippen LogP contribution in [0.15, 0.2) is 36.4 Å². The lowest BCUT2D eigenvalue weighted by Gasteiger charge is -2.20. The fourth-order valence-corrected chi connectivity index (χ4v) is 2.56. The lowest BCUT2D eigenvalue weighted by atomic mass is 10.1. The highest BCUT2D eigenvalue weighted by Crippen LogP contribution is 2.37. The number of fused-ring (bicyclic) bond motifs is 1. The number of hydrogen-bond acceptors (Lipinski definition) is 5. The molecular weight excluding hydrogens is 275 g/mol. The van der Waals surface area contributed by atoms with Crippen molar-refractivity contribution >= 4 is 22.7 Å². The molecule has 6 nitrogen and oxygen atoms in total. The summed E-state index contributed by atoms with van der Waals surface area (Å²) in [6, 6.07) is 9.11. The molecule has 1 heterocycles. The van der Waals surface area contributed by atoms with Crippen LogP contribution in [0.3, 0.4) is 0 Å². The van der Waals surface area contributed by atoms with Gasteiger partial charge < -0.3 is 10.3 Å². The predicted molar refractivity (Wildman–Crippen MR) is 78.0 cm³/mol. The number of hydrogen-bond donors (Lipinski definition) is 2. The van der Waals surface area contributed by atoms with E-state index in [9.17, 15) is 14.5 Å². The Morgan fingerprint density at radius 3 is 2.81 bits per heavy atom. The molecule has 2 aromatic rings. The smallest absolute Gasteiger partial charge is 0.273 e. The van der Waals surface area contributed by atoms with Gasteiger partial charge in [-0.05, 0) is 30.2 Å². The zero-order chi connectivity index (χ0) is 15.0. The zero-order valence-electron chi connectivity index (χ0n) is 11.0. The molecule has 0 bridgehead atoms. The predicted octanol–water partition coefficient (Wildman–Crippen LogP) is 2.71. The topological polar surface area (TPSA) is 84.4 Å². The first kappa shape index (κ1) is 13.3. The number of nitro groups is 1. The lowest BCUT2D eigenvalue weighted by molar-refractivity contribution is -0.384. The molecule has 0 fully saturated rings. The van der Waals surface area contributed by atoms with Crippen LogP contribution < -0.4 is 16.2 Å². The number of nitrogens with one attached hydrogen (secondary N) is 1. The van der Waals surface area contributed by atoms with E-state index in [2.05, 4.69) is 5.43 Å². The van der Waals surface area contributed by atoms with Crippen molar-refractivity contribution in [3.8, 4) is 0 Å². The number of rotatable bonds is 3. The molecule has 1 aliphatic heterocycles. The van der Waals surface area contributed by atoms with Crippen molar-refractivity contribution < 1.29 is 9.31 Å². The zero-order valence-corrected chi connectivity index (χ0v) is 11.0. The number of nitrogens with two attached hydrogens (primary N) is 1. The molecule has 2 aromatic carbocycles. The molecule has 3 rings (SSSR count). The Bertz CT molecular complexity index is 720. The molecule has 0 aromatic heterocycles. The van der Waals surface area contributed by atoms with E-state index in [1.807, 2.05) is 4.90 Å². The van der Waals surface area contributed by atoms with Gasteiger partial charge in [-0.25, -0.2) is 4.39 Å². The summed E-state index contributed by atoms with van der Waals surface area (Å²) >= 11 is 0. The lowest BCUT2D eigenvalue weighted by Crippen LogP contribution is -2.15. The third-order valence-electron chi connectivity index (χ3n) is 3.53. The Kier molecular flexibility index (Phi) is 3.19. The summed E-state index contributed by atoms with van der Waals surface area (Å²) in [6.07, 6.45) is 0.768. The van der Waals surface area contributed by atoms with Gasteiger partial charge in [-0.2, -0.15) is 0 Å². The standard InChI is InChI=1S/C14H13FN4O2/c15-10-2-1-9-3-4-18(14(9)5-10)12-6-11(17-16)7-13(8-12)19(20)21/h1-2,5-8,17H,3-4,16H2. The van der Waals surface area contributed by atoms with Gasteiger partial charge in [0.2, 0.25) is 0 Å². The van der Waals surface area contributed by atoms with E-state index in [1.165, 1.54) is 24.3 Å². The molecule has 0 aliphatic carbocycles. The number of halogens is 1. The van der Waals surface area contributed by atoms with Gasteiger partial charge in [0, 0.05) is 24.4 Å². The number of nitrogen functional groups attached to an aromatic ring is 1. The molecule has 0 radical (unpaired) electrons. The largest absolute Gasteiger partial charge is 0.341 e.